The fourth-order valence-corrected chi connectivity index (χ4v) is 8.76. The molecule has 0 saturated carbocycles. The lowest BCUT2D eigenvalue weighted by Gasteiger charge is -2.31. The van der Waals surface area contributed by atoms with Gasteiger partial charge in [0.05, 0.1) is 16.6 Å². The van der Waals surface area contributed by atoms with Gasteiger partial charge < -0.3 is 10.2 Å². The van der Waals surface area contributed by atoms with E-state index in [1.165, 1.54) is 28.8 Å². The predicted octanol–water partition coefficient (Wildman–Crippen LogP) is 5.64. The van der Waals surface area contributed by atoms with E-state index in [-0.39, 0.29) is 17.3 Å². The smallest absolute Gasteiger partial charge is 0.308 e. The summed E-state index contributed by atoms with van der Waals surface area (Å²) in [6.45, 7) is 7.47. The summed E-state index contributed by atoms with van der Waals surface area (Å²) in [4.78, 5) is 58.2. The van der Waals surface area contributed by atoms with Crippen LogP contribution < -0.4 is 20.0 Å². The largest absolute Gasteiger partial charge is 0.372 e. The van der Waals surface area contributed by atoms with Gasteiger partial charge in [-0.1, -0.05) is 53.4 Å². The number of para-hydroxylation sites is 1. The second-order valence-corrected chi connectivity index (χ2v) is 12.9. The molecule has 1 aromatic heterocycles. The number of nitrogens with one attached hydrogen (secondary N) is 1. The van der Waals surface area contributed by atoms with Crippen LogP contribution in [0.1, 0.15) is 35.8 Å². The highest BCUT2D eigenvalue weighted by atomic mass is 32.2. The normalized spacial score (nSPS) is 19.1. The van der Waals surface area contributed by atoms with E-state index in [4.69, 9.17) is 0 Å². The molecule has 0 bridgehead atoms. The van der Waals surface area contributed by atoms with Crippen molar-refractivity contribution in [3.63, 3.8) is 0 Å². The first kappa shape index (κ1) is 29.8. The summed E-state index contributed by atoms with van der Waals surface area (Å²) in [5.41, 5.74) is 3.67. The third-order valence-electron chi connectivity index (χ3n) is 8.24. The monoisotopic (exact) mass is 630 g/mol. The molecular formula is C33H31FN4O4S2. The first-order chi connectivity index (χ1) is 21.2. The minimum atomic E-state index is -0.827. The molecule has 3 unspecified atom stereocenters. The van der Waals surface area contributed by atoms with Gasteiger partial charge in [0.25, 0.3) is 0 Å². The minimum absolute atomic E-state index is 0.235. The number of hydrogen-bond acceptors (Lipinski definition) is 7. The quantitative estimate of drug-likeness (QED) is 0.254. The van der Waals surface area contributed by atoms with E-state index in [1.807, 2.05) is 49.4 Å². The van der Waals surface area contributed by atoms with Gasteiger partial charge in [0.1, 0.15) is 17.6 Å². The molecule has 0 radical (unpaired) electrons. The first-order valence-electron chi connectivity index (χ1n) is 14.5. The van der Waals surface area contributed by atoms with E-state index in [9.17, 15) is 23.6 Å². The number of halogens is 1. The van der Waals surface area contributed by atoms with Crippen molar-refractivity contribution in [2.45, 2.75) is 43.5 Å². The van der Waals surface area contributed by atoms with E-state index in [2.05, 4.69) is 24.1 Å². The Morgan fingerprint density at radius 1 is 0.932 bits per heavy atom. The van der Waals surface area contributed by atoms with Crippen molar-refractivity contribution in [3.8, 4) is 0 Å². The van der Waals surface area contributed by atoms with Crippen LogP contribution in [-0.4, -0.2) is 40.6 Å². The molecule has 6 rings (SSSR count). The Labute approximate surface area is 262 Å². The van der Waals surface area contributed by atoms with Gasteiger partial charge in [0, 0.05) is 35.3 Å². The second kappa shape index (κ2) is 12.0. The van der Waals surface area contributed by atoms with Crippen LogP contribution >= 0.6 is 23.1 Å². The van der Waals surface area contributed by atoms with Gasteiger partial charge in [-0.05, 0) is 74.4 Å². The van der Waals surface area contributed by atoms with E-state index < -0.39 is 34.7 Å². The Morgan fingerprint density at radius 3 is 2.27 bits per heavy atom. The van der Waals surface area contributed by atoms with Crippen molar-refractivity contribution in [2.75, 3.05) is 28.2 Å². The number of benzene rings is 3. The van der Waals surface area contributed by atoms with Crippen molar-refractivity contribution in [3.05, 3.63) is 104 Å². The molecule has 4 aromatic rings. The van der Waals surface area contributed by atoms with Crippen LogP contribution in [0.15, 0.2) is 82.6 Å². The molecule has 1 fully saturated rings. The Hall–Kier alpha value is -4.22. The number of rotatable bonds is 8. The van der Waals surface area contributed by atoms with Gasteiger partial charge in [0.15, 0.2) is 0 Å². The Bertz CT molecular complexity index is 1800. The fraction of sp³-hybridized carbons (Fsp3) is 0.273. The molecule has 2 aliphatic heterocycles. The maximum atomic E-state index is 14.0. The third-order valence-corrected chi connectivity index (χ3v) is 10.8. The molecule has 2 aliphatic rings. The van der Waals surface area contributed by atoms with Crippen LogP contribution in [0.2, 0.25) is 0 Å². The molecule has 3 aromatic carbocycles. The molecule has 0 spiro atoms. The molecule has 8 nitrogen and oxygen atoms in total. The van der Waals surface area contributed by atoms with Gasteiger partial charge in [-0.2, -0.15) is 0 Å². The van der Waals surface area contributed by atoms with Gasteiger partial charge in [0.2, 0.25) is 17.7 Å². The number of aromatic nitrogens is 1. The van der Waals surface area contributed by atoms with Gasteiger partial charge >= 0.3 is 4.87 Å². The van der Waals surface area contributed by atoms with Crippen LogP contribution in [0.25, 0.3) is 0 Å². The number of imide groups is 1. The van der Waals surface area contributed by atoms with E-state index >= 15 is 0 Å². The maximum Gasteiger partial charge on any atom is 0.308 e. The Balaban J connectivity index is 1.42. The summed E-state index contributed by atoms with van der Waals surface area (Å²) in [5, 5.41) is 2.57. The molecular weight excluding hydrogens is 600 g/mol. The van der Waals surface area contributed by atoms with E-state index in [0.717, 1.165) is 57.9 Å². The van der Waals surface area contributed by atoms with E-state index in [0.29, 0.717) is 21.3 Å². The lowest BCUT2D eigenvalue weighted by molar-refractivity contribution is -0.122. The number of aryl methyl sites for hydroxylation is 1. The second-order valence-electron chi connectivity index (χ2n) is 10.8. The zero-order valence-corrected chi connectivity index (χ0v) is 26.1. The average molecular weight is 631 g/mol. The fourth-order valence-electron chi connectivity index (χ4n) is 5.99. The summed E-state index contributed by atoms with van der Waals surface area (Å²) >= 11 is 2.16. The SMILES string of the molecule is CCN(CC)c1ccc(C2c3sc(=O)n(CC(=O)Nc4ccccc4C)c3SC3C(=O)N(c4ccc(F)cc4)C(=O)C32)cc1. The highest BCUT2D eigenvalue weighted by molar-refractivity contribution is 8.00. The molecule has 226 valence electrons. The summed E-state index contributed by atoms with van der Waals surface area (Å²) < 4.78 is 15.1. The lowest BCUT2D eigenvalue weighted by Crippen LogP contribution is -2.33. The van der Waals surface area contributed by atoms with Gasteiger partial charge in [-0.3, -0.25) is 23.7 Å². The lowest BCUT2D eigenvalue weighted by atomic mass is 9.83. The Kier molecular flexibility index (Phi) is 8.17. The highest BCUT2D eigenvalue weighted by Gasteiger charge is 2.56. The number of thioether (sulfide) groups is 1. The van der Waals surface area contributed by atoms with Crippen molar-refractivity contribution < 1.29 is 18.8 Å². The maximum absolute atomic E-state index is 14.0. The highest BCUT2D eigenvalue weighted by Crippen LogP contribution is 2.54. The molecule has 3 amide bonds. The van der Waals surface area contributed by atoms with Crippen LogP contribution in [0.4, 0.5) is 21.5 Å². The number of nitrogens with zero attached hydrogens (tertiary/aromatic N) is 3. The molecule has 1 saturated heterocycles. The van der Waals surface area contributed by atoms with Crippen LogP contribution in [-0.2, 0) is 20.9 Å². The zero-order chi connectivity index (χ0) is 31.1. The van der Waals surface area contributed by atoms with Crippen molar-refractivity contribution in [2.24, 2.45) is 5.92 Å². The topological polar surface area (TPSA) is 91.7 Å². The zero-order valence-electron chi connectivity index (χ0n) is 24.5. The summed E-state index contributed by atoms with van der Waals surface area (Å²) in [6, 6.07) is 20.5. The van der Waals surface area contributed by atoms with Gasteiger partial charge in [-0.25, -0.2) is 9.29 Å². The van der Waals surface area contributed by atoms with Crippen molar-refractivity contribution in [1.82, 2.24) is 4.57 Å². The summed E-state index contributed by atoms with van der Waals surface area (Å²) in [5.74, 6) is -3.03. The molecule has 0 aliphatic carbocycles. The summed E-state index contributed by atoms with van der Waals surface area (Å²) in [6.07, 6.45) is 0. The number of thiazole rings is 1. The van der Waals surface area contributed by atoms with Crippen LogP contribution in [0.5, 0.6) is 0 Å². The number of carbonyl (C=O) groups excluding carboxylic acids is 3. The molecule has 3 heterocycles. The standard InChI is InChI=1S/C33H31FN4O4S2/c1-4-36(5-2)22-14-10-20(11-15-22)26-27-28(31(41)38(30(27)40)23-16-12-21(34)13-17-23)43-32-29(26)44-33(42)37(32)18-25(39)35-24-9-7-6-8-19(24)3/h6-17,26-28H,4-5,18H2,1-3H3,(H,35,39). The minimum Gasteiger partial charge on any atom is -0.372 e. The van der Waals surface area contributed by atoms with Crippen molar-refractivity contribution >= 4 is 57.9 Å². The molecule has 11 heteroatoms. The number of hydrogen-bond donors (Lipinski definition) is 1. The van der Waals surface area contributed by atoms with Crippen LogP contribution in [0, 0.1) is 18.7 Å². The summed E-state index contributed by atoms with van der Waals surface area (Å²) in [7, 11) is 0. The van der Waals surface area contributed by atoms with Crippen molar-refractivity contribution in [1.29, 1.82) is 0 Å². The number of fused-ring (bicyclic) bond motifs is 2. The Morgan fingerprint density at radius 2 is 1.61 bits per heavy atom. The van der Waals surface area contributed by atoms with Crippen LogP contribution in [0.3, 0.4) is 0 Å². The number of carbonyl (C=O) groups is 3. The van der Waals surface area contributed by atoms with Gasteiger partial charge in [-0.15, -0.1) is 0 Å². The molecule has 1 N–H and O–H groups in total. The number of anilines is 3. The molecule has 44 heavy (non-hydrogen) atoms. The molecule has 3 atom stereocenters. The average Bonchev–Trinajstić information content (AvgIpc) is 3.46. The van der Waals surface area contributed by atoms with E-state index in [1.54, 1.807) is 6.07 Å². The number of amides is 3. The first-order valence-corrected chi connectivity index (χ1v) is 16.1. The third kappa shape index (κ3) is 5.24. The predicted molar refractivity (Wildman–Crippen MR) is 172 cm³/mol.